The largest absolute Gasteiger partial charge is 0.388 e. The summed E-state index contributed by atoms with van der Waals surface area (Å²) in [5.74, 6) is 0. The SMILES string of the molecule is COCCN(CC1(O)CCNCC1)C(C)C. The Morgan fingerprint density at radius 1 is 1.38 bits per heavy atom. The van der Waals surface area contributed by atoms with Crippen molar-refractivity contribution in [3.05, 3.63) is 0 Å². The van der Waals surface area contributed by atoms with Crippen LogP contribution in [0.5, 0.6) is 0 Å². The zero-order chi connectivity index (χ0) is 12.0. The number of methoxy groups -OCH3 is 1. The highest BCUT2D eigenvalue weighted by Crippen LogP contribution is 2.20. The summed E-state index contributed by atoms with van der Waals surface area (Å²) < 4.78 is 5.11. The highest BCUT2D eigenvalue weighted by atomic mass is 16.5. The van der Waals surface area contributed by atoms with Crippen LogP contribution in [0.4, 0.5) is 0 Å². The predicted molar refractivity (Wildman–Crippen MR) is 65.6 cm³/mol. The van der Waals surface area contributed by atoms with Crippen LogP contribution in [0.15, 0.2) is 0 Å². The van der Waals surface area contributed by atoms with Gasteiger partial charge in [-0.05, 0) is 39.8 Å². The van der Waals surface area contributed by atoms with E-state index in [2.05, 4.69) is 24.1 Å². The number of nitrogens with one attached hydrogen (secondary N) is 1. The van der Waals surface area contributed by atoms with E-state index in [1.165, 1.54) is 0 Å². The number of nitrogens with zero attached hydrogens (tertiary/aromatic N) is 1. The highest BCUT2D eigenvalue weighted by molar-refractivity contribution is 4.88. The van der Waals surface area contributed by atoms with Gasteiger partial charge in [0.1, 0.15) is 0 Å². The third-order valence-corrected chi connectivity index (χ3v) is 3.34. The van der Waals surface area contributed by atoms with Crippen LogP contribution in [0.3, 0.4) is 0 Å². The molecule has 1 aliphatic heterocycles. The molecule has 2 N–H and O–H groups in total. The molecule has 0 aromatic carbocycles. The fraction of sp³-hybridized carbons (Fsp3) is 1.00. The monoisotopic (exact) mass is 230 g/mol. The van der Waals surface area contributed by atoms with Crippen LogP contribution in [-0.4, -0.2) is 61.5 Å². The van der Waals surface area contributed by atoms with Crippen molar-refractivity contribution in [2.24, 2.45) is 0 Å². The standard InChI is InChI=1S/C12H26N2O2/c1-11(2)14(8-9-16-3)10-12(15)4-6-13-7-5-12/h11,13,15H,4-10H2,1-3H3. The van der Waals surface area contributed by atoms with Gasteiger partial charge in [0, 0.05) is 26.2 Å². The molecule has 4 nitrogen and oxygen atoms in total. The van der Waals surface area contributed by atoms with E-state index in [0.717, 1.165) is 45.6 Å². The van der Waals surface area contributed by atoms with Crippen molar-refractivity contribution in [3.63, 3.8) is 0 Å². The highest BCUT2D eigenvalue weighted by Gasteiger charge is 2.31. The van der Waals surface area contributed by atoms with E-state index in [-0.39, 0.29) is 0 Å². The molecule has 1 saturated heterocycles. The summed E-state index contributed by atoms with van der Waals surface area (Å²) in [6.07, 6.45) is 1.70. The molecule has 4 heteroatoms. The van der Waals surface area contributed by atoms with Crippen LogP contribution in [0.2, 0.25) is 0 Å². The molecule has 0 aromatic heterocycles. The van der Waals surface area contributed by atoms with Gasteiger partial charge in [-0.25, -0.2) is 0 Å². The quantitative estimate of drug-likeness (QED) is 0.696. The van der Waals surface area contributed by atoms with E-state index in [1.807, 2.05) is 0 Å². The van der Waals surface area contributed by atoms with Crippen LogP contribution in [0.1, 0.15) is 26.7 Å². The molecule has 1 heterocycles. The lowest BCUT2D eigenvalue weighted by Gasteiger charge is -2.38. The zero-order valence-corrected chi connectivity index (χ0v) is 10.8. The molecule has 0 unspecified atom stereocenters. The molecule has 0 saturated carbocycles. The number of piperidine rings is 1. The molecule has 96 valence electrons. The van der Waals surface area contributed by atoms with Crippen LogP contribution in [0, 0.1) is 0 Å². The van der Waals surface area contributed by atoms with E-state index >= 15 is 0 Å². The van der Waals surface area contributed by atoms with Gasteiger partial charge in [0.15, 0.2) is 0 Å². The average Bonchev–Trinajstić information content (AvgIpc) is 2.25. The molecule has 1 aliphatic rings. The second kappa shape index (κ2) is 6.55. The molecule has 0 spiro atoms. The maximum Gasteiger partial charge on any atom is 0.0798 e. The summed E-state index contributed by atoms with van der Waals surface area (Å²) in [5, 5.41) is 13.7. The number of rotatable bonds is 6. The fourth-order valence-electron chi connectivity index (χ4n) is 2.16. The average molecular weight is 230 g/mol. The lowest BCUT2D eigenvalue weighted by Crippen LogP contribution is -2.51. The van der Waals surface area contributed by atoms with E-state index in [0.29, 0.717) is 6.04 Å². The molecular weight excluding hydrogens is 204 g/mol. The molecule has 16 heavy (non-hydrogen) atoms. The van der Waals surface area contributed by atoms with Gasteiger partial charge in [-0.1, -0.05) is 0 Å². The Morgan fingerprint density at radius 2 is 2.00 bits per heavy atom. The Kier molecular flexibility index (Phi) is 5.69. The summed E-state index contributed by atoms with van der Waals surface area (Å²) in [6, 6.07) is 0.453. The van der Waals surface area contributed by atoms with E-state index in [4.69, 9.17) is 4.74 Å². The third-order valence-electron chi connectivity index (χ3n) is 3.34. The molecule has 0 aliphatic carbocycles. The van der Waals surface area contributed by atoms with Crippen molar-refractivity contribution in [3.8, 4) is 0 Å². The number of ether oxygens (including phenoxy) is 1. The fourth-order valence-corrected chi connectivity index (χ4v) is 2.16. The van der Waals surface area contributed by atoms with Crippen LogP contribution >= 0.6 is 0 Å². The van der Waals surface area contributed by atoms with Crippen molar-refractivity contribution >= 4 is 0 Å². The predicted octanol–water partition coefficient (Wildman–Crippen LogP) is 0.458. The molecule has 0 amide bonds. The van der Waals surface area contributed by atoms with Gasteiger partial charge < -0.3 is 15.2 Å². The molecule has 0 radical (unpaired) electrons. The van der Waals surface area contributed by atoms with Crippen LogP contribution in [0.25, 0.3) is 0 Å². The lowest BCUT2D eigenvalue weighted by molar-refractivity contribution is -0.0322. The normalized spacial score (nSPS) is 20.6. The molecular formula is C12H26N2O2. The molecule has 0 bridgehead atoms. The maximum atomic E-state index is 10.5. The molecule has 1 fully saturated rings. The summed E-state index contributed by atoms with van der Waals surface area (Å²) in [6.45, 7) is 8.56. The first-order valence-corrected chi connectivity index (χ1v) is 6.23. The van der Waals surface area contributed by atoms with Gasteiger partial charge in [0.05, 0.1) is 12.2 Å². The lowest BCUT2D eigenvalue weighted by atomic mass is 9.91. The van der Waals surface area contributed by atoms with Crippen molar-refractivity contribution in [1.82, 2.24) is 10.2 Å². The van der Waals surface area contributed by atoms with Crippen molar-refractivity contribution in [1.29, 1.82) is 0 Å². The van der Waals surface area contributed by atoms with E-state index < -0.39 is 5.60 Å². The molecule has 0 atom stereocenters. The summed E-state index contributed by atoms with van der Waals surface area (Å²) in [4.78, 5) is 2.30. The van der Waals surface area contributed by atoms with Gasteiger partial charge in [0.25, 0.3) is 0 Å². The first-order valence-electron chi connectivity index (χ1n) is 6.23. The van der Waals surface area contributed by atoms with E-state index in [1.54, 1.807) is 7.11 Å². The second-order valence-electron chi connectivity index (χ2n) is 5.03. The maximum absolute atomic E-state index is 10.5. The summed E-state index contributed by atoms with van der Waals surface area (Å²) in [7, 11) is 1.72. The number of aliphatic hydroxyl groups is 1. The molecule has 0 aromatic rings. The smallest absolute Gasteiger partial charge is 0.0798 e. The van der Waals surface area contributed by atoms with Gasteiger partial charge in [-0.3, -0.25) is 4.90 Å². The first-order chi connectivity index (χ1) is 7.57. The number of hydrogen-bond acceptors (Lipinski definition) is 4. The van der Waals surface area contributed by atoms with Crippen molar-refractivity contribution in [2.75, 3.05) is 39.9 Å². The minimum atomic E-state index is -0.511. The Morgan fingerprint density at radius 3 is 2.50 bits per heavy atom. The summed E-state index contributed by atoms with van der Waals surface area (Å²) >= 11 is 0. The Labute approximate surface area is 99.0 Å². The van der Waals surface area contributed by atoms with E-state index in [9.17, 15) is 5.11 Å². The Balaban J connectivity index is 2.45. The second-order valence-corrected chi connectivity index (χ2v) is 5.03. The van der Waals surface area contributed by atoms with Gasteiger partial charge >= 0.3 is 0 Å². The van der Waals surface area contributed by atoms with Gasteiger partial charge in [-0.2, -0.15) is 0 Å². The Hall–Kier alpha value is -0.160. The topological polar surface area (TPSA) is 44.7 Å². The van der Waals surface area contributed by atoms with Crippen molar-refractivity contribution in [2.45, 2.75) is 38.3 Å². The van der Waals surface area contributed by atoms with Gasteiger partial charge in [-0.15, -0.1) is 0 Å². The van der Waals surface area contributed by atoms with Crippen LogP contribution < -0.4 is 5.32 Å². The van der Waals surface area contributed by atoms with Crippen LogP contribution in [-0.2, 0) is 4.74 Å². The molecule has 1 rings (SSSR count). The first kappa shape index (κ1) is 13.9. The van der Waals surface area contributed by atoms with Gasteiger partial charge in [0.2, 0.25) is 0 Å². The number of hydrogen-bond donors (Lipinski definition) is 2. The van der Waals surface area contributed by atoms with Crippen molar-refractivity contribution < 1.29 is 9.84 Å². The Bertz CT molecular complexity index is 191. The third kappa shape index (κ3) is 4.37. The summed E-state index contributed by atoms with van der Waals surface area (Å²) in [5.41, 5.74) is -0.511. The minimum absolute atomic E-state index is 0.453. The zero-order valence-electron chi connectivity index (χ0n) is 10.8. The minimum Gasteiger partial charge on any atom is -0.388 e.